The molecule has 0 saturated carbocycles. The monoisotopic (exact) mass is 267 g/mol. The van der Waals surface area contributed by atoms with E-state index in [1.165, 1.54) is 0 Å². The Labute approximate surface area is 115 Å². The Morgan fingerprint density at radius 2 is 2.06 bits per heavy atom. The summed E-state index contributed by atoms with van der Waals surface area (Å²) < 4.78 is 0. The normalized spacial score (nSPS) is 13.2. The highest BCUT2D eigenvalue weighted by Crippen LogP contribution is 2.30. The molecule has 100 valence electrons. The second kappa shape index (κ2) is 5.77. The largest absolute Gasteiger partial charge is 0.389 e. The van der Waals surface area contributed by atoms with Gasteiger partial charge >= 0.3 is 0 Å². The first-order valence-corrected chi connectivity index (χ1v) is 6.51. The van der Waals surface area contributed by atoms with Crippen molar-refractivity contribution >= 4 is 17.3 Å². The second-order valence-corrected chi connectivity index (χ2v) is 5.86. The van der Waals surface area contributed by atoms with E-state index in [1.54, 1.807) is 6.92 Å². The minimum absolute atomic E-state index is 0.0101. The summed E-state index contributed by atoms with van der Waals surface area (Å²) in [5, 5.41) is 10.2. The van der Waals surface area contributed by atoms with Crippen LogP contribution in [0.5, 0.6) is 0 Å². The lowest BCUT2D eigenvalue weighted by atomic mass is 10.0. The minimum Gasteiger partial charge on any atom is -0.389 e. The molecule has 1 aromatic carbocycles. The summed E-state index contributed by atoms with van der Waals surface area (Å²) in [5.74, 6) is 0. The Kier molecular flexibility index (Phi) is 4.83. The summed E-state index contributed by atoms with van der Waals surface area (Å²) in [5.41, 5.74) is 1.79. The van der Waals surface area contributed by atoms with Gasteiger partial charge in [0.2, 0.25) is 0 Å². The summed E-state index contributed by atoms with van der Waals surface area (Å²) in [6.45, 7) is 12.7. The molecule has 1 N–H and O–H groups in total. The van der Waals surface area contributed by atoms with Crippen LogP contribution in [0.4, 0.5) is 5.69 Å². The molecule has 2 nitrogen and oxygen atoms in total. The molecule has 0 saturated heterocycles. The Morgan fingerprint density at radius 3 is 2.44 bits per heavy atom. The maximum atomic E-state index is 9.58. The zero-order chi connectivity index (χ0) is 13.9. The minimum atomic E-state index is -0.547. The van der Waals surface area contributed by atoms with Gasteiger partial charge in [-0.1, -0.05) is 23.7 Å². The van der Waals surface area contributed by atoms with Crippen molar-refractivity contribution < 1.29 is 5.11 Å². The zero-order valence-corrected chi connectivity index (χ0v) is 12.3. The van der Waals surface area contributed by atoms with E-state index in [2.05, 4.69) is 32.3 Å². The molecule has 1 atom stereocenters. The molecular weight excluding hydrogens is 246 g/mol. The first kappa shape index (κ1) is 15.1. The number of halogens is 1. The van der Waals surface area contributed by atoms with Crippen LogP contribution in [0.25, 0.3) is 0 Å². The highest BCUT2D eigenvalue weighted by Gasteiger charge is 2.21. The van der Waals surface area contributed by atoms with E-state index in [1.807, 2.05) is 24.3 Å². The van der Waals surface area contributed by atoms with Crippen molar-refractivity contribution in [1.82, 2.24) is 0 Å². The fourth-order valence-corrected chi connectivity index (χ4v) is 2.25. The average molecular weight is 268 g/mol. The molecule has 1 aromatic rings. The highest BCUT2D eigenvalue weighted by molar-refractivity contribution is 6.31. The van der Waals surface area contributed by atoms with Crippen LogP contribution in [0.2, 0.25) is 5.02 Å². The van der Waals surface area contributed by atoms with Gasteiger partial charge in [0.15, 0.2) is 0 Å². The van der Waals surface area contributed by atoms with E-state index in [9.17, 15) is 5.11 Å². The van der Waals surface area contributed by atoms with E-state index in [0.29, 0.717) is 5.02 Å². The van der Waals surface area contributed by atoms with Crippen molar-refractivity contribution in [2.45, 2.75) is 39.3 Å². The molecule has 0 fully saturated rings. The van der Waals surface area contributed by atoms with E-state index >= 15 is 0 Å². The summed E-state index contributed by atoms with van der Waals surface area (Å²) in [6.07, 6.45) is 1.33. The van der Waals surface area contributed by atoms with Gasteiger partial charge in [-0.3, -0.25) is 0 Å². The number of rotatable bonds is 4. The topological polar surface area (TPSA) is 23.5 Å². The number of hydrogen-bond acceptors (Lipinski definition) is 2. The molecule has 0 aromatic heterocycles. The number of aliphatic hydroxyl groups is 1. The van der Waals surface area contributed by atoms with Crippen molar-refractivity contribution in [2.24, 2.45) is 0 Å². The third-order valence-corrected chi connectivity index (χ3v) is 3.19. The first-order valence-electron chi connectivity index (χ1n) is 6.13. The van der Waals surface area contributed by atoms with Gasteiger partial charge in [-0.2, -0.15) is 0 Å². The molecular formula is C15H22ClNO. The van der Waals surface area contributed by atoms with Crippen LogP contribution in [-0.2, 0) is 0 Å². The quantitative estimate of drug-likeness (QED) is 0.827. The molecule has 0 aliphatic rings. The number of benzene rings is 1. The van der Waals surface area contributed by atoms with Gasteiger partial charge in [0.25, 0.3) is 0 Å². The standard InChI is InChI=1S/C15H22ClNO/c1-6-9-17(15(3,4)5)12-7-8-13(11(2)18)14(16)10-12/h6-8,10-11,18H,1,9H2,2-5H3. The number of aliphatic hydroxyl groups excluding tert-OH is 1. The van der Waals surface area contributed by atoms with Gasteiger partial charge in [-0.15, -0.1) is 6.58 Å². The molecule has 0 bridgehead atoms. The highest BCUT2D eigenvalue weighted by atomic mass is 35.5. The molecule has 0 radical (unpaired) electrons. The van der Waals surface area contributed by atoms with Crippen molar-refractivity contribution in [3.63, 3.8) is 0 Å². The molecule has 0 heterocycles. The maximum absolute atomic E-state index is 9.58. The number of nitrogens with zero attached hydrogens (tertiary/aromatic N) is 1. The SMILES string of the molecule is C=CCN(c1ccc(C(C)O)c(Cl)c1)C(C)(C)C. The summed E-state index contributed by atoms with van der Waals surface area (Å²) in [7, 11) is 0. The van der Waals surface area contributed by atoms with Crippen LogP contribution < -0.4 is 4.90 Å². The Bertz CT molecular complexity index is 421. The molecule has 3 heteroatoms. The Balaban J connectivity index is 3.15. The van der Waals surface area contributed by atoms with Gasteiger partial charge < -0.3 is 10.0 Å². The summed E-state index contributed by atoms with van der Waals surface area (Å²) in [6, 6.07) is 5.77. The summed E-state index contributed by atoms with van der Waals surface area (Å²) >= 11 is 6.21. The molecule has 1 unspecified atom stereocenters. The van der Waals surface area contributed by atoms with Crippen LogP contribution in [0.3, 0.4) is 0 Å². The lowest BCUT2D eigenvalue weighted by Gasteiger charge is -2.37. The summed E-state index contributed by atoms with van der Waals surface area (Å²) in [4.78, 5) is 2.22. The lowest BCUT2D eigenvalue weighted by molar-refractivity contribution is 0.199. The zero-order valence-electron chi connectivity index (χ0n) is 11.6. The Hall–Kier alpha value is -0.990. The van der Waals surface area contributed by atoms with Crippen LogP contribution >= 0.6 is 11.6 Å². The van der Waals surface area contributed by atoms with Crippen LogP contribution in [-0.4, -0.2) is 17.2 Å². The molecule has 0 spiro atoms. The number of anilines is 1. The average Bonchev–Trinajstić information content (AvgIpc) is 2.23. The van der Waals surface area contributed by atoms with Gasteiger partial charge in [0.05, 0.1) is 6.10 Å². The fraction of sp³-hybridized carbons (Fsp3) is 0.467. The van der Waals surface area contributed by atoms with Crippen molar-refractivity contribution in [2.75, 3.05) is 11.4 Å². The smallest absolute Gasteiger partial charge is 0.0776 e. The van der Waals surface area contributed by atoms with E-state index in [-0.39, 0.29) is 5.54 Å². The first-order chi connectivity index (χ1) is 8.27. The van der Waals surface area contributed by atoms with E-state index < -0.39 is 6.10 Å². The second-order valence-electron chi connectivity index (χ2n) is 5.45. The fourth-order valence-electron chi connectivity index (χ4n) is 1.92. The van der Waals surface area contributed by atoms with Crippen LogP contribution in [0.15, 0.2) is 30.9 Å². The van der Waals surface area contributed by atoms with Gasteiger partial charge in [0, 0.05) is 22.8 Å². The number of hydrogen-bond donors (Lipinski definition) is 1. The molecule has 18 heavy (non-hydrogen) atoms. The molecule has 1 rings (SSSR count). The van der Waals surface area contributed by atoms with E-state index in [0.717, 1.165) is 17.8 Å². The maximum Gasteiger partial charge on any atom is 0.0776 e. The van der Waals surface area contributed by atoms with Crippen LogP contribution in [0.1, 0.15) is 39.4 Å². The lowest BCUT2D eigenvalue weighted by Crippen LogP contribution is -2.41. The predicted octanol–water partition coefficient (Wildman–Crippen LogP) is 4.18. The molecule has 0 aliphatic carbocycles. The third-order valence-electron chi connectivity index (χ3n) is 2.87. The van der Waals surface area contributed by atoms with Crippen LogP contribution in [0, 0.1) is 0 Å². The van der Waals surface area contributed by atoms with Gasteiger partial charge in [-0.25, -0.2) is 0 Å². The van der Waals surface area contributed by atoms with Gasteiger partial charge in [-0.05, 0) is 45.4 Å². The van der Waals surface area contributed by atoms with Crippen molar-refractivity contribution in [3.8, 4) is 0 Å². The van der Waals surface area contributed by atoms with Gasteiger partial charge in [0.1, 0.15) is 0 Å². The Morgan fingerprint density at radius 1 is 1.44 bits per heavy atom. The van der Waals surface area contributed by atoms with E-state index in [4.69, 9.17) is 11.6 Å². The molecule has 0 aliphatic heterocycles. The molecule has 0 amide bonds. The van der Waals surface area contributed by atoms with Crippen molar-refractivity contribution in [1.29, 1.82) is 0 Å². The predicted molar refractivity (Wildman–Crippen MR) is 79.4 cm³/mol. The van der Waals surface area contributed by atoms with Crippen molar-refractivity contribution in [3.05, 3.63) is 41.4 Å². The third kappa shape index (κ3) is 3.50.